The van der Waals surface area contributed by atoms with Crippen molar-refractivity contribution in [2.75, 3.05) is 26.4 Å². The van der Waals surface area contributed by atoms with Gasteiger partial charge in [0.1, 0.15) is 5.06 Å². The van der Waals surface area contributed by atoms with Gasteiger partial charge in [0.25, 0.3) is 0 Å². The second-order valence-corrected chi connectivity index (χ2v) is 16.3. The minimum absolute atomic E-state index is 0.121. The smallest absolute Gasteiger partial charge is 0.305 e. The van der Waals surface area contributed by atoms with E-state index in [0.29, 0.717) is 0 Å². The molecule has 6 nitrogen and oxygen atoms in total. The predicted molar refractivity (Wildman–Crippen MR) is 182 cm³/mol. The molecule has 0 heterocycles. The van der Waals surface area contributed by atoms with Crippen LogP contribution in [0.4, 0.5) is 0 Å². The molecule has 0 saturated heterocycles. The Labute approximate surface area is 261 Å². The molecule has 0 saturated carbocycles. The van der Waals surface area contributed by atoms with Gasteiger partial charge in [-0.3, -0.25) is 9.13 Å². The first-order chi connectivity index (χ1) is 20.4. The van der Waals surface area contributed by atoms with Crippen LogP contribution in [-0.2, 0) is 27.2 Å². The monoisotopic (exact) mass is 636 g/mol. The van der Waals surface area contributed by atoms with Gasteiger partial charge in [-0.25, -0.2) is 0 Å². The lowest BCUT2D eigenvalue weighted by Gasteiger charge is -2.26. The van der Waals surface area contributed by atoms with Crippen molar-refractivity contribution in [3.63, 3.8) is 0 Å². The molecule has 0 unspecified atom stereocenters. The SMILES string of the molecule is C=C(P(=O)(OCCCCCCCC)OCCCCCCCC)P(=O)(OCCCCCCCC)OCCCCCCCC. The van der Waals surface area contributed by atoms with Crippen LogP contribution < -0.4 is 0 Å². The van der Waals surface area contributed by atoms with Gasteiger partial charge < -0.3 is 18.1 Å². The second-order valence-electron chi connectivity index (χ2n) is 11.8. The molecule has 0 fully saturated rings. The van der Waals surface area contributed by atoms with Gasteiger partial charge in [-0.15, -0.1) is 0 Å². The molecular weight excluding hydrogens is 566 g/mol. The highest BCUT2D eigenvalue weighted by atomic mass is 31.2. The molecular formula is C34H70O6P2. The first-order valence-electron chi connectivity index (χ1n) is 17.9. The van der Waals surface area contributed by atoms with Crippen LogP contribution >= 0.6 is 15.2 Å². The molecule has 0 N–H and O–H groups in total. The first kappa shape index (κ1) is 42.0. The summed E-state index contributed by atoms with van der Waals surface area (Å²) >= 11 is 0. The van der Waals surface area contributed by atoms with Crippen molar-refractivity contribution in [2.45, 2.75) is 182 Å². The minimum Gasteiger partial charge on any atom is -0.305 e. The van der Waals surface area contributed by atoms with Gasteiger partial charge in [-0.05, 0) is 25.7 Å². The lowest BCUT2D eigenvalue weighted by molar-refractivity contribution is 0.192. The van der Waals surface area contributed by atoms with Gasteiger partial charge in [0, 0.05) is 0 Å². The number of unbranched alkanes of at least 4 members (excludes halogenated alkanes) is 20. The summed E-state index contributed by atoms with van der Waals surface area (Å²) in [7, 11) is -7.81. The van der Waals surface area contributed by atoms with Gasteiger partial charge in [0.05, 0.1) is 26.4 Å². The van der Waals surface area contributed by atoms with Crippen LogP contribution in [0.3, 0.4) is 0 Å². The summed E-state index contributed by atoms with van der Waals surface area (Å²) in [5, 5.41) is -0.121. The Balaban J connectivity index is 5.31. The molecule has 0 aromatic rings. The zero-order valence-electron chi connectivity index (χ0n) is 28.4. The summed E-state index contributed by atoms with van der Waals surface area (Å²) in [6.07, 6.45) is 26.2. The quantitative estimate of drug-likeness (QED) is 0.0517. The topological polar surface area (TPSA) is 71.1 Å². The highest BCUT2D eigenvalue weighted by Crippen LogP contribution is 2.73. The molecule has 252 valence electrons. The van der Waals surface area contributed by atoms with Crippen LogP contribution in [0, 0.1) is 0 Å². The third kappa shape index (κ3) is 22.5. The van der Waals surface area contributed by atoms with E-state index in [9.17, 15) is 9.13 Å². The summed E-state index contributed by atoms with van der Waals surface area (Å²) in [6.45, 7) is 14.0. The largest absolute Gasteiger partial charge is 0.368 e. The molecule has 0 aliphatic carbocycles. The Morgan fingerprint density at radius 1 is 0.381 bits per heavy atom. The van der Waals surface area contributed by atoms with Gasteiger partial charge in [-0.2, -0.15) is 0 Å². The Morgan fingerprint density at radius 3 is 0.786 bits per heavy atom. The van der Waals surface area contributed by atoms with Crippen molar-refractivity contribution in [1.82, 2.24) is 0 Å². The molecule has 0 bridgehead atoms. The van der Waals surface area contributed by atoms with E-state index in [2.05, 4.69) is 34.3 Å². The summed E-state index contributed by atoms with van der Waals surface area (Å²) in [5.74, 6) is 0. The molecule has 0 aliphatic rings. The molecule has 0 amide bonds. The zero-order chi connectivity index (χ0) is 31.2. The van der Waals surface area contributed by atoms with E-state index in [0.717, 1.165) is 77.0 Å². The average Bonchev–Trinajstić information content (AvgIpc) is 2.99. The third-order valence-electron chi connectivity index (χ3n) is 7.67. The van der Waals surface area contributed by atoms with E-state index in [-0.39, 0.29) is 31.5 Å². The lowest BCUT2D eigenvalue weighted by Crippen LogP contribution is -2.07. The molecule has 0 spiro atoms. The molecule has 0 aromatic carbocycles. The first-order valence-corrected chi connectivity index (χ1v) is 21.0. The molecule has 0 aliphatic heterocycles. The molecule has 0 aromatic heterocycles. The average molecular weight is 637 g/mol. The van der Waals surface area contributed by atoms with Gasteiger partial charge >= 0.3 is 15.2 Å². The van der Waals surface area contributed by atoms with E-state index in [1.807, 2.05) is 0 Å². The Kier molecular flexibility index (Phi) is 29.8. The van der Waals surface area contributed by atoms with Crippen molar-refractivity contribution in [1.29, 1.82) is 0 Å². The van der Waals surface area contributed by atoms with Crippen LogP contribution in [0.5, 0.6) is 0 Å². The maximum Gasteiger partial charge on any atom is 0.368 e. The summed E-state index contributed by atoms with van der Waals surface area (Å²) in [6, 6.07) is 0. The fourth-order valence-electron chi connectivity index (χ4n) is 4.79. The van der Waals surface area contributed by atoms with Crippen molar-refractivity contribution in [2.24, 2.45) is 0 Å². The van der Waals surface area contributed by atoms with E-state index in [4.69, 9.17) is 18.1 Å². The minimum atomic E-state index is -3.90. The van der Waals surface area contributed by atoms with Crippen molar-refractivity contribution in [3.8, 4) is 0 Å². The highest BCUT2D eigenvalue weighted by molar-refractivity contribution is 7.78. The van der Waals surface area contributed by atoms with E-state index in [1.54, 1.807) is 0 Å². The summed E-state index contributed by atoms with van der Waals surface area (Å²) in [5.41, 5.74) is 0. The van der Waals surface area contributed by atoms with Crippen molar-refractivity contribution < 1.29 is 27.2 Å². The zero-order valence-corrected chi connectivity index (χ0v) is 30.1. The van der Waals surface area contributed by atoms with Crippen LogP contribution in [0.25, 0.3) is 0 Å². The normalized spacial score (nSPS) is 12.3. The van der Waals surface area contributed by atoms with E-state index >= 15 is 0 Å². The van der Waals surface area contributed by atoms with Crippen LogP contribution in [0.2, 0.25) is 0 Å². The van der Waals surface area contributed by atoms with E-state index in [1.165, 1.54) is 77.0 Å². The highest BCUT2D eigenvalue weighted by Gasteiger charge is 2.44. The Hall–Kier alpha value is 0.0400. The van der Waals surface area contributed by atoms with Gasteiger partial charge in [0.2, 0.25) is 0 Å². The van der Waals surface area contributed by atoms with Gasteiger partial charge in [-0.1, -0.05) is 163 Å². The maximum atomic E-state index is 14.2. The van der Waals surface area contributed by atoms with Crippen molar-refractivity contribution >= 4 is 15.2 Å². The third-order valence-corrected chi connectivity index (χ3v) is 12.5. The molecule has 42 heavy (non-hydrogen) atoms. The molecule has 0 radical (unpaired) electrons. The molecule has 0 atom stereocenters. The van der Waals surface area contributed by atoms with Crippen LogP contribution in [0.15, 0.2) is 11.6 Å². The fraction of sp³-hybridized carbons (Fsp3) is 0.941. The Bertz CT molecular complexity index is 600. The van der Waals surface area contributed by atoms with E-state index < -0.39 is 15.2 Å². The fourth-order valence-corrected chi connectivity index (χ4v) is 8.91. The summed E-state index contributed by atoms with van der Waals surface area (Å²) in [4.78, 5) is 0. The number of hydrogen-bond donors (Lipinski definition) is 0. The van der Waals surface area contributed by atoms with Crippen LogP contribution in [0.1, 0.15) is 182 Å². The Morgan fingerprint density at radius 2 is 0.571 bits per heavy atom. The lowest BCUT2D eigenvalue weighted by atomic mass is 10.1. The van der Waals surface area contributed by atoms with Gasteiger partial charge in [0.15, 0.2) is 0 Å². The van der Waals surface area contributed by atoms with Crippen LogP contribution in [-0.4, -0.2) is 26.4 Å². The molecule has 8 heteroatoms. The summed E-state index contributed by atoms with van der Waals surface area (Å²) < 4.78 is 52.1. The number of rotatable bonds is 34. The van der Waals surface area contributed by atoms with Crippen molar-refractivity contribution in [3.05, 3.63) is 11.6 Å². The standard InChI is InChI=1S/C34H70O6P2/c1-6-10-14-18-22-26-30-37-41(35,38-31-27-23-19-15-11-7-2)34(5)42(36,39-32-28-24-20-16-12-8-3)40-33-29-25-21-17-13-9-4/h5-33H2,1-4H3. The maximum absolute atomic E-state index is 14.2. The molecule has 0 rings (SSSR count). The number of hydrogen-bond acceptors (Lipinski definition) is 6. The predicted octanol–water partition coefficient (Wildman–Crippen LogP) is 13.4. The second kappa shape index (κ2) is 29.7.